The van der Waals surface area contributed by atoms with Gasteiger partial charge in [0.1, 0.15) is 11.3 Å². The van der Waals surface area contributed by atoms with E-state index in [4.69, 9.17) is 16.3 Å². The van der Waals surface area contributed by atoms with E-state index in [1.165, 1.54) is 0 Å². The van der Waals surface area contributed by atoms with E-state index in [9.17, 15) is 14.4 Å². The van der Waals surface area contributed by atoms with E-state index < -0.39 is 17.5 Å². The van der Waals surface area contributed by atoms with Gasteiger partial charge in [-0.25, -0.2) is 4.79 Å². The first-order chi connectivity index (χ1) is 12.8. The van der Waals surface area contributed by atoms with Crippen molar-refractivity contribution in [3.8, 4) is 5.75 Å². The van der Waals surface area contributed by atoms with Crippen LogP contribution >= 0.6 is 11.6 Å². The normalized spacial score (nSPS) is 18.6. The molecule has 3 N–H and O–H groups in total. The fraction of sp³-hybridized carbons (Fsp3) is 0.211. The Morgan fingerprint density at radius 3 is 2.67 bits per heavy atom. The zero-order valence-corrected chi connectivity index (χ0v) is 15.5. The van der Waals surface area contributed by atoms with Crippen molar-refractivity contribution in [3.63, 3.8) is 0 Å². The molecule has 1 atom stereocenters. The van der Waals surface area contributed by atoms with Gasteiger partial charge in [-0.15, -0.1) is 0 Å². The summed E-state index contributed by atoms with van der Waals surface area (Å²) in [6.45, 7) is 3.26. The Hall–Kier alpha value is -3.06. The van der Waals surface area contributed by atoms with Crippen LogP contribution in [0.2, 0.25) is 5.02 Å². The van der Waals surface area contributed by atoms with Crippen molar-refractivity contribution in [1.29, 1.82) is 0 Å². The summed E-state index contributed by atoms with van der Waals surface area (Å²) in [5.41, 5.74) is 0.685. The number of carbonyl (C=O) groups is 3. The molecule has 3 rings (SSSR count). The largest absolute Gasteiger partial charge is 0.483 e. The smallest absolute Gasteiger partial charge is 0.322 e. The summed E-state index contributed by atoms with van der Waals surface area (Å²) >= 11 is 5.90. The maximum Gasteiger partial charge on any atom is 0.322 e. The highest BCUT2D eigenvalue weighted by atomic mass is 35.5. The Labute approximate surface area is 161 Å². The minimum absolute atomic E-state index is 0.179. The molecule has 0 spiro atoms. The lowest BCUT2D eigenvalue weighted by Gasteiger charge is -2.21. The van der Waals surface area contributed by atoms with Crippen molar-refractivity contribution in [2.24, 2.45) is 0 Å². The highest BCUT2D eigenvalue weighted by molar-refractivity contribution is 6.30. The molecule has 0 radical (unpaired) electrons. The zero-order valence-electron chi connectivity index (χ0n) is 14.8. The second-order valence-electron chi connectivity index (χ2n) is 6.36. The van der Waals surface area contributed by atoms with E-state index in [0.717, 1.165) is 5.56 Å². The summed E-state index contributed by atoms with van der Waals surface area (Å²) in [4.78, 5) is 35.7. The van der Waals surface area contributed by atoms with Crippen LogP contribution in [0.1, 0.15) is 18.1 Å². The van der Waals surface area contributed by atoms with Crippen molar-refractivity contribution < 1.29 is 19.1 Å². The zero-order chi connectivity index (χ0) is 19.6. The molecular formula is C19H18ClN3O4. The van der Waals surface area contributed by atoms with Crippen LogP contribution in [0.3, 0.4) is 0 Å². The van der Waals surface area contributed by atoms with Crippen LogP contribution in [0, 0.1) is 6.92 Å². The molecule has 1 heterocycles. The Morgan fingerprint density at radius 2 is 2.00 bits per heavy atom. The minimum atomic E-state index is -1.19. The van der Waals surface area contributed by atoms with Crippen LogP contribution in [0.25, 0.3) is 0 Å². The molecule has 1 saturated heterocycles. The predicted molar refractivity (Wildman–Crippen MR) is 101 cm³/mol. The molecule has 1 aliphatic heterocycles. The number of rotatable bonds is 5. The maximum absolute atomic E-state index is 12.2. The average Bonchev–Trinajstić information content (AvgIpc) is 2.87. The number of ether oxygens (including phenoxy) is 1. The van der Waals surface area contributed by atoms with Crippen LogP contribution in [0.4, 0.5) is 10.5 Å². The highest BCUT2D eigenvalue weighted by Gasteiger charge is 2.43. The second kappa shape index (κ2) is 7.28. The Morgan fingerprint density at radius 1 is 1.22 bits per heavy atom. The quantitative estimate of drug-likeness (QED) is 0.687. The van der Waals surface area contributed by atoms with Crippen LogP contribution in [-0.2, 0) is 15.1 Å². The van der Waals surface area contributed by atoms with Crippen LogP contribution < -0.4 is 20.7 Å². The summed E-state index contributed by atoms with van der Waals surface area (Å²) in [5, 5.41) is 8.11. The highest BCUT2D eigenvalue weighted by Crippen LogP contribution is 2.26. The number of hydrogen-bond donors (Lipinski definition) is 3. The molecule has 1 aliphatic rings. The fourth-order valence-corrected chi connectivity index (χ4v) is 3.00. The molecule has 140 valence electrons. The molecule has 1 fully saturated rings. The molecule has 0 unspecified atom stereocenters. The maximum atomic E-state index is 12.2. The van der Waals surface area contributed by atoms with Crippen molar-refractivity contribution >= 4 is 35.1 Å². The monoisotopic (exact) mass is 387 g/mol. The van der Waals surface area contributed by atoms with Gasteiger partial charge in [-0.3, -0.25) is 14.9 Å². The van der Waals surface area contributed by atoms with Crippen molar-refractivity contribution in [2.45, 2.75) is 19.4 Å². The van der Waals surface area contributed by atoms with Gasteiger partial charge >= 0.3 is 6.03 Å². The van der Waals surface area contributed by atoms with Gasteiger partial charge < -0.3 is 15.4 Å². The Balaban J connectivity index is 1.66. The Bertz CT molecular complexity index is 931. The molecule has 7 nitrogen and oxygen atoms in total. The molecule has 0 saturated carbocycles. The first-order valence-corrected chi connectivity index (χ1v) is 8.59. The van der Waals surface area contributed by atoms with E-state index in [1.54, 1.807) is 49.4 Å². The van der Waals surface area contributed by atoms with Crippen LogP contribution in [0.15, 0.2) is 42.5 Å². The lowest BCUT2D eigenvalue weighted by atomic mass is 9.92. The number of hydrogen-bond acceptors (Lipinski definition) is 4. The van der Waals surface area contributed by atoms with E-state index in [0.29, 0.717) is 22.0 Å². The third-order valence-corrected chi connectivity index (χ3v) is 4.50. The average molecular weight is 388 g/mol. The van der Waals surface area contributed by atoms with Crippen LogP contribution in [0.5, 0.6) is 5.75 Å². The Kier molecular flexibility index (Phi) is 5.05. The number of halogens is 1. The second-order valence-corrected chi connectivity index (χ2v) is 6.80. The first-order valence-electron chi connectivity index (χ1n) is 8.21. The summed E-state index contributed by atoms with van der Waals surface area (Å²) in [7, 11) is 0. The van der Waals surface area contributed by atoms with E-state index in [2.05, 4.69) is 16.0 Å². The van der Waals surface area contributed by atoms with Gasteiger partial charge in [-0.05, 0) is 55.3 Å². The number of benzene rings is 2. The number of amides is 4. The predicted octanol–water partition coefficient (Wildman–Crippen LogP) is 2.72. The number of aryl methyl sites for hydroxylation is 1. The van der Waals surface area contributed by atoms with Gasteiger partial charge in [0.25, 0.3) is 11.8 Å². The molecule has 2 aromatic carbocycles. The van der Waals surface area contributed by atoms with E-state index in [-0.39, 0.29) is 12.5 Å². The summed E-state index contributed by atoms with van der Waals surface area (Å²) < 4.78 is 5.51. The van der Waals surface area contributed by atoms with Crippen molar-refractivity contribution in [2.75, 3.05) is 11.9 Å². The van der Waals surface area contributed by atoms with Crippen molar-refractivity contribution in [3.05, 3.63) is 58.6 Å². The standard InChI is InChI=1S/C19H18ClN3O4/c1-11-8-13(20)6-7-15(11)27-10-16(24)21-14-5-3-4-12(9-14)19(2)17(25)22-18(26)23-19/h3-9H,10H2,1-2H3,(H,21,24)(H2,22,23,25,26)/t19-/m1/s1. The van der Waals surface area contributed by atoms with Gasteiger partial charge in [-0.2, -0.15) is 0 Å². The SMILES string of the molecule is Cc1cc(Cl)ccc1OCC(=O)Nc1cccc([C@@]2(C)NC(=O)NC2=O)c1. The molecule has 0 bridgehead atoms. The molecular weight excluding hydrogens is 370 g/mol. The summed E-state index contributed by atoms with van der Waals surface area (Å²) in [5.74, 6) is -0.231. The molecule has 8 heteroatoms. The molecule has 2 aromatic rings. The van der Waals surface area contributed by atoms with Gasteiger partial charge in [0.05, 0.1) is 0 Å². The van der Waals surface area contributed by atoms with Gasteiger partial charge in [-0.1, -0.05) is 23.7 Å². The third-order valence-electron chi connectivity index (χ3n) is 4.26. The molecule has 4 amide bonds. The summed E-state index contributed by atoms with van der Waals surface area (Å²) in [6.07, 6.45) is 0. The molecule has 0 aliphatic carbocycles. The van der Waals surface area contributed by atoms with Gasteiger partial charge in [0, 0.05) is 10.7 Å². The number of carbonyl (C=O) groups excluding carboxylic acids is 3. The fourth-order valence-electron chi connectivity index (χ4n) is 2.77. The van der Waals surface area contributed by atoms with E-state index >= 15 is 0 Å². The number of anilines is 1. The lowest BCUT2D eigenvalue weighted by molar-refractivity contribution is -0.123. The summed E-state index contributed by atoms with van der Waals surface area (Å²) in [6, 6.07) is 11.3. The van der Waals surface area contributed by atoms with Crippen molar-refractivity contribution in [1.82, 2.24) is 10.6 Å². The third kappa shape index (κ3) is 4.03. The number of imide groups is 1. The van der Waals surface area contributed by atoms with Gasteiger partial charge in [0.2, 0.25) is 0 Å². The molecule has 0 aromatic heterocycles. The number of urea groups is 1. The van der Waals surface area contributed by atoms with E-state index in [1.807, 2.05) is 6.92 Å². The topological polar surface area (TPSA) is 96.5 Å². The minimum Gasteiger partial charge on any atom is -0.483 e. The number of nitrogens with one attached hydrogen (secondary N) is 3. The van der Waals surface area contributed by atoms with Gasteiger partial charge in [0.15, 0.2) is 6.61 Å². The van der Waals surface area contributed by atoms with Crippen LogP contribution in [-0.4, -0.2) is 24.5 Å². The lowest BCUT2D eigenvalue weighted by Crippen LogP contribution is -2.40. The first kappa shape index (κ1) is 18.7. The molecule has 27 heavy (non-hydrogen) atoms.